The van der Waals surface area contributed by atoms with Crippen molar-refractivity contribution in [1.29, 1.82) is 0 Å². The van der Waals surface area contributed by atoms with E-state index >= 15 is 0 Å². The van der Waals surface area contributed by atoms with Gasteiger partial charge in [0, 0.05) is 22.5 Å². The average molecular weight is 377 g/mol. The Hall–Kier alpha value is -3.46. The van der Waals surface area contributed by atoms with E-state index in [0.717, 1.165) is 33.6 Å². The minimum atomic E-state index is 0.141. The highest BCUT2D eigenvalue weighted by molar-refractivity contribution is 6.07. The molecule has 0 aliphatic carbocycles. The standard InChI is InChI=1S/C26H23N3/c1-26(2,3)19-15-13-18(14-16-19)22-10-6-12-24(28-22)29-23-11-5-4-8-20(23)21-9-7-17-27-25(21)29/h4-17H,1-3H3. The van der Waals surface area contributed by atoms with Crippen LogP contribution in [0.2, 0.25) is 0 Å². The van der Waals surface area contributed by atoms with E-state index in [1.807, 2.05) is 18.3 Å². The molecule has 0 N–H and O–H groups in total. The quantitative estimate of drug-likeness (QED) is 0.350. The summed E-state index contributed by atoms with van der Waals surface area (Å²) in [5, 5.41) is 2.34. The van der Waals surface area contributed by atoms with Crippen molar-refractivity contribution in [3.05, 3.63) is 90.6 Å². The molecule has 29 heavy (non-hydrogen) atoms. The third-order valence-electron chi connectivity index (χ3n) is 5.44. The Kier molecular flexibility index (Phi) is 3.99. The molecular formula is C26H23N3. The topological polar surface area (TPSA) is 30.7 Å². The molecule has 0 radical (unpaired) electrons. The lowest BCUT2D eigenvalue weighted by molar-refractivity contribution is 0.590. The highest BCUT2D eigenvalue weighted by atomic mass is 15.1. The number of benzene rings is 2. The summed E-state index contributed by atoms with van der Waals surface area (Å²) in [6, 6.07) is 27.4. The largest absolute Gasteiger partial charge is 0.278 e. The second-order valence-corrected chi connectivity index (χ2v) is 8.44. The summed E-state index contributed by atoms with van der Waals surface area (Å²) in [5.41, 5.74) is 5.60. The van der Waals surface area contributed by atoms with Gasteiger partial charge in [-0.15, -0.1) is 0 Å². The first-order valence-corrected chi connectivity index (χ1v) is 9.95. The number of hydrogen-bond donors (Lipinski definition) is 0. The van der Waals surface area contributed by atoms with Crippen molar-refractivity contribution in [2.24, 2.45) is 0 Å². The SMILES string of the molecule is CC(C)(C)c1ccc(-c2cccc(-n3c4ccccc4c4cccnc43)n2)cc1. The first-order valence-electron chi connectivity index (χ1n) is 9.95. The molecule has 142 valence electrons. The first kappa shape index (κ1) is 17.6. The molecule has 3 nitrogen and oxygen atoms in total. The molecule has 3 aromatic heterocycles. The van der Waals surface area contributed by atoms with Crippen molar-refractivity contribution in [2.75, 3.05) is 0 Å². The normalized spacial score (nSPS) is 12.0. The minimum Gasteiger partial charge on any atom is -0.278 e. The van der Waals surface area contributed by atoms with Gasteiger partial charge >= 0.3 is 0 Å². The molecular weight excluding hydrogens is 354 g/mol. The Morgan fingerprint density at radius 2 is 1.48 bits per heavy atom. The highest BCUT2D eigenvalue weighted by Crippen LogP contribution is 2.31. The van der Waals surface area contributed by atoms with Crippen LogP contribution in [0.4, 0.5) is 0 Å². The van der Waals surface area contributed by atoms with Gasteiger partial charge in [-0.05, 0) is 41.3 Å². The zero-order valence-corrected chi connectivity index (χ0v) is 16.9. The monoisotopic (exact) mass is 377 g/mol. The summed E-state index contributed by atoms with van der Waals surface area (Å²) < 4.78 is 2.15. The Morgan fingerprint density at radius 1 is 0.724 bits per heavy atom. The molecule has 0 aliphatic rings. The molecule has 0 amide bonds. The van der Waals surface area contributed by atoms with Gasteiger partial charge in [-0.2, -0.15) is 0 Å². The minimum absolute atomic E-state index is 0.141. The molecule has 0 saturated heterocycles. The zero-order valence-electron chi connectivity index (χ0n) is 16.9. The summed E-state index contributed by atoms with van der Waals surface area (Å²) >= 11 is 0. The van der Waals surface area contributed by atoms with E-state index in [1.54, 1.807) is 0 Å². The Bertz CT molecular complexity index is 1270. The number of fused-ring (bicyclic) bond motifs is 3. The molecule has 0 bridgehead atoms. The van der Waals surface area contributed by atoms with E-state index in [1.165, 1.54) is 10.9 Å². The molecule has 0 fully saturated rings. The molecule has 3 heteroatoms. The van der Waals surface area contributed by atoms with Crippen LogP contribution in [-0.4, -0.2) is 14.5 Å². The van der Waals surface area contributed by atoms with Crippen LogP contribution >= 0.6 is 0 Å². The van der Waals surface area contributed by atoms with Crippen LogP contribution in [0.3, 0.4) is 0 Å². The molecule has 2 aromatic carbocycles. The fourth-order valence-corrected chi connectivity index (χ4v) is 3.88. The number of para-hydroxylation sites is 1. The van der Waals surface area contributed by atoms with Crippen molar-refractivity contribution in [3.8, 4) is 17.1 Å². The van der Waals surface area contributed by atoms with Crippen LogP contribution in [0.5, 0.6) is 0 Å². The summed E-state index contributed by atoms with van der Waals surface area (Å²) in [4.78, 5) is 9.66. The Balaban J connectivity index is 1.67. The molecule has 0 atom stereocenters. The number of pyridine rings is 2. The van der Waals surface area contributed by atoms with E-state index in [4.69, 9.17) is 4.98 Å². The van der Waals surface area contributed by atoms with Crippen molar-refractivity contribution in [1.82, 2.24) is 14.5 Å². The maximum Gasteiger partial charge on any atom is 0.146 e. The van der Waals surface area contributed by atoms with Gasteiger partial charge < -0.3 is 0 Å². The molecule has 0 unspecified atom stereocenters. The molecule has 0 spiro atoms. The van der Waals surface area contributed by atoms with Crippen LogP contribution in [0.1, 0.15) is 26.3 Å². The van der Waals surface area contributed by atoms with E-state index in [9.17, 15) is 0 Å². The smallest absolute Gasteiger partial charge is 0.146 e. The van der Waals surface area contributed by atoms with Gasteiger partial charge in [0.25, 0.3) is 0 Å². The summed E-state index contributed by atoms with van der Waals surface area (Å²) in [6.45, 7) is 6.70. The number of nitrogens with zero attached hydrogens (tertiary/aromatic N) is 3. The number of aromatic nitrogens is 3. The van der Waals surface area contributed by atoms with E-state index in [0.29, 0.717) is 0 Å². The van der Waals surface area contributed by atoms with Crippen LogP contribution in [-0.2, 0) is 5.41 Å². The molecule has 3 heterocycles. The predicted octanol–water partition coefficient (Wildman–Crippen LogP) is 6.54. The van der Waals surface area contributed by atoms with E-state index in [2.05, 4.69) is 97.1 Å². The van der Waals surface area contributed by atoms with Gasteiger partial charge in [-0.1, -0.05) is 69.3 Å². The Morgan fingerprint density at radius 3 is 2.28 bits per heavy atom. The highest BCUT2D eigenvalue weighted by Gasteiger charge is 2.15. The van der Waals surface area contributed by atoms with Crippen molar-refractivity contribution in [3.63, 3.8) is 0 Å². The molecule has 5 aromatic rings. The fraction of sp³-hybridized carbons (Fsp3) is 0.154. The van der Waals surface area contributed by atoms with E-state index < -0.39 is 0 Å². The van der Waals surface area contributed by atoms with Gasteiger partial charge in [0.05, 0.1) is 11.2 Å². The summed E-state index contributed by atoms with van der Waals surface area (Å²) in [7, 11) is 0. The van der Waals surface area contributed by atoms with Crippen molar-refractivity contribution >= 4 is 21.9 Å². The van der Waals surface area contributed by atoms with Gasteiger partial charge in [-0.3, -0.25) is 4.57 Å². The fourth-order valence-electron chi connectivity index (χ4n) is 3.88. The Labute approximate surface area is 170 Å². The summed E-state index contributed by atoms with van der Waals surface area (Å²) in [5.74, 6) is 0.882. The van der Waals surface area contributed by atoms with Crippen LogP contribution in [0.15, 0.2) is 85.1 Å². The lowest BCUT2D eigenvalue weighted by Gasteiger charge is -2.19. The number of rotatable bonds is 2. The summed E-state index contributed by atoms with van der Waals surface area (Å²) in [6.07, 6.45) is 1.84. The third kappa shape index (κ3) is 2.99. The van der Waals surface area contributed by atoms with Crippen LogP contribution in [0.25, 0.3) is 39.0 Å². The van der Waals surface area contributed by atoms with Crippen LogP contribution < -0.4 is 0 Å². The van der Waals surface area contributed by atoms with Crippen molar-refractivity contribution in [2.45, 2.75) is 26.2 Å². The number of hydrogen-bond acceptors (Lipinski definition) is 2. The second-order valence-electron chi connectivity index (χ2n) is 8.44. The maximum atomic E-state index is 5.00. The lowest BCUT2D eigenvalue weighted by Crippen LogP contribution is -2.10. The maximum absolute atomic E-state index is 5.00. The molecule has 0 saturated carbocycles. The lowest BCUT2D eigenvalue weighted by atomic mass is 9.86. The second kappa shape index (κ2) is 6.56. The average Bonchev–Trinajstić information content (AvgIpc) is 3.08. The van der Waals surface area contributed by atoms with Gasteiger partial charge in [-0.25, -0.2) is 9.97 Å². The zero-order chi connectivity index (χ0) is 20.0. The van der Waals surface area contributed by atoms with Crippen molar-refractivity contribution < 1.29 is 0 Å². The predicted molar refractivity (Wildman–Crippen MR) is 121 cm³/mol. The van der Waals surface area contributed by atoms with Crippen LogP contribution in [0, 0.1) is 0 Å². The molecule has 0 aliphatic heterocycles. The first-order chi connectivity index (χ1) is 14.0. The van der Waals surface area contributed by atoms with Gasteiger partial charge in [0.2, 0.25) is 0 Å². The third-order valence-corrected chi connectivity index (χ3v) is 5.44. The van der Waals surface area contributed by atoms with E-state index in [-0.39, 0.29) is 5.41 Å². The van der Waals surface area contributed by atoms with Gasteiger partial charge in [0.1, 0.15) is 11.5 Å². The van der Waals surface area contributed by atoms with Gasteiger partial charge in [0.15, 0.2) is 0 Å². The molecule has 5 rings (SSSR count).